The molecule has 0 aliphatic carbocycles. The fourth-order valence-corrected chi connectivity index (χ4v) is 8.85. The first-order chi connectivity index (χ1) is 36.3. The van der Waals surface area contributed by atoms with Crippen molar-refractivity contribution in [1.29, 1.82) is 0 Å². The lowest BCUT2D eigenvalue weighted by Gasteiger charge is -2.53. The lowest BCUT2D eigenvalue weighted by atomic mass is 9.91. The van der Waals surface area contributed by atoms with Gasteiger partial charge in [0, 0.05) is 69.7 Å². The van der Waals surface area contributed by atoms with E-state index in [1.54, 1.807) is 86.6 Å². The highest BCUT2D eigenvalue weighted by atomic mass is 16.6. The van der Waals surface area contributed by atoms with Crippen molar-refractivity contribution in [3.63, 3.8) is 0 Å². The molecule has 0 saturated carbocycles. The Balaban J connectivity index is 0.00000132. The maximum Gasteiger partial charge on any atom is 0.276 e. The third-order valence-electron chi connectivity index (χ3n) is 13.4. The van der Waals surface area contributed by atoms with Gasteiger partial charge >= 0.3 is 0 Å². The van der Waals surface area contributed by atoms with Crippen molar-refractivity contribution in [2.24, 2.45) is 28.5 Å². The van der Waals surface area contributed by atoms with E-state index in [-0.39, 0.29) is 55.2 Å². The van der Waals surface area contributed by atoms with Gasteiger partial charge in [-0.15, -0.1) is 0 Å². The number of oxime groups is 1. The average molecular weight is 1050 g/mol. The van der Waals surface area contributed by atoms with Crippen LogP contribution in [-0.4, -0.2) is 142 Å². The number of carbonyl (C=O) groups excluding carboxylic acids is 5. The van der Waals surface area contributed by atoms with Crippen LogP contribution in [0.3, 0.4) is 0 Å². The minimum Gasteiger partial charge on any atom is -0.491 e. The summed E-state index contributed by atoms with van der Waals surface area (Å²) in [6.45, 7) is 22.9. The molecule has 0 unspecified atom stereocenters. The third kappa shape index (κ3) is 13.1. The highest BCUT2D eigenvalue weighted by Crippen LogP contribution is 2.33. The molecule has 0 atom stereocenters. The summed E-state index contributed by atoms with van der Waals surface area (Å²) >= 11 is 0. The molecule has 4 aromatic heterocycles. The zero-order chi connectivity index (χ0) is 54.8. The van der Waals surface area contributed by atoms with E-state index in [1.807, 2.05) is 26.0 Å². The van der Waals surface area contributed by atoms with Crippen LogP contribution in [0.1, 0.15) is 108 Å². The van der Waals surface area contributed by atoms with Crippen molar-refractivity contribution in [2.45, 2.75) is 101 Å². The van der Waals surface area contributed by atoms with E-state index in [0.29, 0.717) is 109 Å². The Labute approximate surface area is 441 Å². The van der Waals surface area contributed by atoms with Crippen LogP contribution in [0.2, 0.25) is 0 Å². The van der Waals surface area contributed by atoms with Crippen molar-refractivity contribution in [3.8, 4) is 5.75 Å². The topological polar surface area (TPSA) is 279 Å². The molecule has 2 aromatic carbocycles. The number of aromatic nitrogens is 8. The summed E-state index contributed by atoms with van der Waals surface area (Å²) in [5.74, 6) is 0.144. The van der Waals surface area contributed by atoms with Crippen LogP contribution in [-0.2, 0) is 40.5 Å². The van der Waals surface area contributed by atoms with Crippen LogP contribution in [0, 0.1) is 25.7 Å². The number of rotatable bonds is 21. The van der Waals surface area contributed by atoms with E-state index < -0.39 is 29.2 Å². The molecule has 23 heteroatoms. The fraction of sp³-hybridized carbons (Fsp3) is 0.472. The number of morpholine rings is 1. The van der Waals surface area contributed by atoms with Gasteiger partial charge in [-0.05, 0) is 95.3 Å². The summed E-state index contributed by atoms with van der Waals surface area (Å²) in [5, 5.41) is 18.4. The van der Waals surface area contributed by atoms with Gasteiger partial charge in [0.15, 0.2) is 6.61 Å². The van der Waals surface area contributed by atoms with E-state index in [9.17, 15) is 24.0 Å². The number of fused-ring (bicyclic) bond motifs is 2. The summed E-state index contributed by atoms with van der Waals surface area (Å²) in [6.07, 6.45) is 5.83. The predicted molar refractivity (Wildman–Crippen MR) is 288 cm³/mol. The zero-order valence-corrected chi connectivity index (χ0v) is 45.0. The molecular formula is C53H71N15O8. The molecule has 0 bridgehead atoms. The maximum absolute atomic E-state index is 13.9. The molecule has 2 aliphatic heterocycles. The zero-order valence-electron chi connectivity index (χ0n) is 45.0. The molecule has 5 amide bonds. The van der Waals surface area contributed by atoms with Crippen LogP contribution in [0.5, 0.6) is 5.75 Å². The van der Waals surface area contributed by atoms with Crippen molar-refractivity contribution >= 4 is 69.7 Å². The quantitative estimate of drug-likeness (QED) is 0.0305. The number of benzene rings is 2. The minimum atomic E-state index is -0.683. The van der Waals surface area contributed by atoms with Crippen molar-refractivity contribution < 1.29 is 38.3 Å². The van der Waals surface area contributed by atoms with Gasteiger partial charge in [0.2, 0.25) is 23.7 Å². The standard InChI is InChI=1S/C47H57N15O8.C6H14/c1-6-50-70-25-39(63)58-17-19-69-47(28-58)26-57(27-47)14-11-18-68-38-24-32(42(49)65)23-34-40(38)60(46(52-34)54-44(67)37-21-30(5)56-62(37)8-3)16-10-9-15-59-35-13-12-31(41(48)64)22-33(35)51-45(59)53-43(66)36-20-29(4)55-61(36)7-2;1-5(2)6(3)4/h6,9-10,12-13,20-24H,7-8,11,14-19,25-28H2,1-5H3,(H2,48,64)(H2,49,65)(H,51,53,66)(H,52,54,67);5-6H,1-4H3/b10-9+,50-6-;. The Morgan fingerprint density at radius 1 is 0.789 bits per heavy atom. The molecule has 1 spiro atoms. The molecule has 6 N–H and O–H groups in total. The molecule has 76 heavy (non-hydrogen) atoms. The second kappa shape index (κ2) is 24.6. The molecule has 6 aromatic rings. The van der Waals surface area contributed by atoms with Gasteiger partial charge in [-0.25, -0.2) is 9.97 Å². The van der Waals surface area contributed by atoms with Gasteiger partial charge in [0.05, 0.1) is 47.7 Å². The number of imidazole rings is 2. The first-order valence-corrected chi connectivity index (χ1v) is 25.7. The number of likely N-dealkylation sites (tertiary alicyclic amines) is 1. The summed E-state index contributed by atoms with van der Waals surface area (Å²) in [4.78, 5) is 83.5. The molecule has 23 nitrogen and oxygen atoms in total. The van der Waals surface area contributed by atoms with Crippen LogP contribution >= 0.6 is 0 Å². The first-order valence-electron chi connectivity index (χ1n) is 25.7. The number of nitrogens with zero attached hydrogens (tertiary/aromatic N) is 11. The molecule has 2 fully saturated rings. The molecule has 8 rings (SSSR count). The van der Waals surface area contributed by atoms with Crippen molar-refractivity contribution in [1.82, 2.24) is 48.5 Å². The number of primary amides is 2. The predicted octanol–water partition coefficient (Wildman–Crippen LogP) is 5.40. The molecular weight excluding hydrogens is 975 g/mol. The minimum absolute atomic E-state index is 0.126. The number of ether oxygens (including phenoxy) is 2. The summed E-state index contributed by atoms with van der Waals surface area (Å²) < 4.78 is 19.4. The Morgan fingerprint density at radius 3 is 1.95 bits per heavy atom. The van der Waals surface area contributed by atoms with Gasteiger partial charge in [-0.1, -0.05) is 45.0 Å². The van der Waals surface area contributed by atoms with E-state index in [1.165, 1.54) is 6.21 Å². The van der Waals surface area contributed by atoms with E-state index in [4.69, 9.17) is 30.8 Å². The Kier molecular flexibility index (Phi) is 18.1. The number of hydrogen-bond acceptors (Lipinski definition) is 14. The Hall–Kier alpha value is -7.92. The highest BCUT2D eigenvalue weighted by molar-refractivity contribution is 6.05. The number of aryl methyl sites for hydroxylation is 4. The van der Waals surface area contributed by atoms with Crippen LogP contribution in [0.25, 0.3) is 22.1 Å². The Morgan fingerprint density at radius 2 is 1.37 bits per heavy atom. The molecule has 406 valence electrons. The van der Waals surface area contributed by atoms with Gasteiger partial charge < -0.3 is 39.8 Å². The van der Waals surface area contributed by atoms with Gasteiger partial charge in [0.1, 0.15) is 28.3 Å². The van der Waals surface area contributed by atoms with Crippen molar-refractivity contribution in [2.75, 3.05) is 63.2 Å². The second-order valence-electron chi connectivity index (χ2n) is 19.6. The SMILES string of the molecule is C/C=N\OCC(=O)N1CCOC2(CN(CCCOc3cc(C(N)=O)cc4nc(NC(=O)c5cc(C)nn5CC)n(C/C=C/Cn5c(NC(=O)c6cc(C)nn6CC)nc6cc(C(N)=O)ccc65)c34)C2)C1.CC(C)C(C)C. The number of hydrogen-bond donors (Lipinski definition) is 4. The Bertz CT molecular complexity index is 3130. The largest absolute Gasteiger partial charge is 0.491 e. The van der Waals surface area contributed by atoms with Gasteiger partial charge in [-0.2, -0.15) is 10.2 Å². The second-order valence-corrected chi connectivity index (χ2v) is 19.6. The normalized spacial score (nSPS) is 14.5. The summed E-state index contributed by atoms with van der Waals surface area (Å²) in [7, 11) is 0. The lowest BCUT2D eigenvalue weighted by molar-refractivity contribution is -0.190. The molecule has 2 saturated heterocycles. The van der Waals surface area contributed by atoms with E-state index >= 15 is 0 Å². The fourth-order valence-electron chi connectivity index (χ4n) is 8.85. The van der Waals surface area contributed by atoms with E-state index in [0.717, 1.165) is 11.8 Å². The summed E-state index contributed by atoms with van der Waals surface area (Å²) in [5.41, 5.74) is 15.4. The number of nitrogens with one attached hydrogen (secondary N) is 2. The van der Waals surface area contributed by atoms with Gasteiger partial charge in [-0.3, -0.25) is 48.9 Å². The average Bonchev–Trinajstić information content (AvgIpc) is 4.17. The monoisotopic (exact) mass is 1050 g/mol. The summed E-state index contributed by atoms with van der Waals surface area (Å²) in [6, 6.07) is 11.4. The van der Waals surface area contributed by atoms with Crippen LogP contribution in [0.4, 0.5) is 11.9 Å². The third-order valence-corrected chi connectivity index (χ3v) is 13.4. The van der Waals surface area contributed by atoms with Gasteiger partial charge in [0.25, 0.3) is 17.7 Å². The number of anilines is 2. The van der Waals surface area contributed by atoms with E-state index in [2.05, 4.69) is 63.6 Å². The maximum atomic E-state index is 13.9. The number of allylic oxidation sites excluding steroid dienone is 2. The molecule has 2 aliphatic rings. The lowest BCUT2D eigenvalue weighted by Crippen LogP contribution is -2.70. The number of carbonyl (C=O) groups is 5. The van der Waals surface area contributed by atoms with Crippen molar-refractivity contribution in [3.05, 3.63) is 88.5 Å². The van der Waals surface area contributed by atoms with Crippen LogP contribution < -0.4 is 26.8 Å². The van der Waals surface area contributed by atoms with Crippen LogP contribution in [0.15, 0.2) is 59.8 Å². The molecule has 0 radical (unpaired) electrons. The number of amides is 5. The first kappa shape index (κ1) is 55.8. The smallest absolute Gasteiger partial charge is 0.276 e. The highest BCUT2D eigenvalue weighted by Gasteiger charge is 2.47. The number of nitrogens with two attached hydrogens (primary N) is 2. The molecule has 6 heterocycles.